The third-order valence-electron chi connectivity index (χ3n) is 1.95. The van der Waals surface area contributed by atoms with Crippen molar-refractivity contribution in [2.45, 2.75) is 31.9 Å². The Morgan fingerprint density at radius 1 is 1.50 bits per heavy atom. The highest BCUT2D eigenvalue weighted by molar-refractivity contribution is 5.86. The van der Waals surface area contributed by atoms with Gasteiger partial charge in [0.25, 0.3) is 0 Å². The molecule has 0 radical (unpaired) electrons. The second-order valence-corrected chi connectivity index (χ2v) is 3.17. The summed E-state index contributed by atoms with van der Waals surface area (Å²) in [6.45, 7) is 3.95. The van der Waals surface area contributed by atoms with Crippen molar-refractivity contribution in [1.82, 2.24) is 5.32 Å². The number of nitrogens with one attached hydrogen (secondary N) is 1. The molecule has 1 atom stereocenters. The van der Waals surface area contributed by atoms with Gasteiger partial charge in [-0.3, -0.25) is 0 Å². The quantitative estimate of drug-likeness (QED) is 0.489. The first-order valence-electron chi connectivity index (χ1n) is 4.37. The fourth-order valence-corrected chi connectivity index (χ4v) is 0.984. The number of hydrogen-bond donors (Lipinski definition) is 2. The molecule has 0 saturated carbocycles. The summed E-state index contributed by atoms with van der Waals surface area (Å²) in [5, 5.41) is 3.24. The van der Waals surface area contributed by atoms with Crippen LogP contribution >= 0.6 is 0 Å². The first-order valence-corrected chi connectivity index (χ1v) is 4.37. The van der Waals surface area contributed by atoms with Gasteiger partial charge >= 0.3 is 5.97 Å². The Bertz CT molecular complexity index is 155. The molecule has 2 aliphatic rings. The molecule has 0 spiro atoms. The molecule has 3 N–H and O–H groups in total. The number of hydrogen-bond acceptors (Lipinski definition) is 4. The second-order valence-electron chi connectivity index (χ2n) is 3.17. The highest BCUT2D eigenvalue weighted by Gasteiger charge is 2.31. The van der Waals surface area contributed by atoms with Crippen LogP contribution in [-0.4, -0.2) is 31.2 Å². The molecule has 2 aliphatic heterocycles. The molecule has 2 rings (SSSR count). The van der Waals surface area contributed by atoms with E-state index < -0.39 is 0 Å². The Morgan fingerprint density at radius 3 is 2.08 bits per heavy atom. The summed E-state index contributed by atoms with van der Waals surface area (Å²) >= 11 is 0. The minimum atomic E-state index is -0.0880. The molecule has 0 bridgehead atoms. The van der Waals surface area contributed by atoms with Gasteiger partial charge in [0.1, 0.15) is 0 Å². The molecule has 2 fully saturated rings. The van der Waals surface area contributed by atoms with Crippen molar-refractivity contribution in [3.8, 4) is 0 Å². The van der Waals surface area contributed by atoms with Gasteiger partial charge in [-0.25, -0.2) is 4.79 Å². The lowest BCUT2D eigenvalue weighted by molar-refractivity contribution is -0.117. The molecular formula is C8H16N2O2. The van der Waals surface area contributed by atoms with E-state index >= 15 is 0 Å². The van der Waals surface area contributed by atoms with E-state index in [0.29, 0.717) is 6.04 Å². The fraction of sp³-hybridized carbons (Fsp3) is 0.875. The molecule has 2 heterocycles. The van der Waals surface area contributed by atoms with Crippen molar-refractivity contribution < 1.29 is 9.53 Å². The van der Waals surface area contributed by atoms with Crippen LogP contribution in [0.15, 0.2) is 0 Å². The van der Waals surface area contributed by atoms with E-state index in [0.717, 1.165) is 25.9 Å². The van der Waals surface area contributed by atoms with E-state index in [1.165, 1.54) is 0 Å². The summed E-state index contributed by atoms with van der Waals surface area (Å²) in [4.78, 5) is 9.66. The predicted molar refractivity (Wildman–Crippen MR) is 45.6 cm³/mol. The number of nitrogens with two attached hydrogens (primary N) is 1. The Labute approximate surface area is 72.5 Å². The first-order chi connectivity index (χ1) is 5.70. The van der Waals surface area contributed by atoms with Crippen molar-refractivity contribution in [3.63, 3.8) is 0 Å². The summed E-state index contributed by atoms with van der Waals surface area (Å²) in [5.41, 5.74) is 5.59. The van der Waals surface area contributed by atoms with Crippen molar-refractivity contribution in [1.29, 1.82) is 0 Å². The van der Waals surface area contributed by atoms with Gasteiger partial charge in [-0.2, -0.15) is 0 Å². The molecule has 4 nitrogen and oxygen atoms in total. The second kappa shape index (κ2) is 4.42. The topological polar surface area (TPSA) is 67.7 Å². The van der Waals surface area contributed by atoms with Gasteiger partial charge < -0.3 is 15.8 Å². The molecule has 0 aromatic rings. The van der Waals surface area contributed by atoms with Gasteiger partial charge in [0.2, 0.25) is 0 Å². The third-order valence-corrected chi connectivity index (χ3v) is 1.95. The maximum absolute atomic E-state index is 9.66. The van der Waals surface area contributed by atoms with Crippen molar-refractivity contribution in [2.24, 2.45) is 5.73 Å². The van der Waals surface area contributed by atoms with Crippen molar-refractivity contribution in [3.05, 3.63) is 0 Å². The van der Waals surface area contributed by atoms with Crippen LogP contribution in [0.25, 0.3) is 0 Å². The average Bonchev–Trinajstić information content (AvgIpc) is 2.67. The van der Waals surface area contributed by atoms with E-state index in [2.05, 4.69) is 10.1 Å². The molecule has 12 heavy (non-hydrogen) atoms. The maximum Gasteiger partial charge on any atom is 0.347 e. The SMILES string of the molecule is CC1OC1=O.NC1CCNCC1. The Balaban J connectivity index is 0.000000127. The summed E-state index contributed by atoms with van der Waals surface area (Å²) in [7, 11) is 0. The number of carbonyl (C=O) groups is 1. The third kappa shape index (κ3) is 3.69. The van der Waals surface area contributed by atoms with Crippen LogP contribution in [0.1, 0.15) is 19.8 Å². The summed E-state index contributed by atoms with van der Waals surface area (Å²) < 4.78 is 4.28. The summed E-state index contributed by atoms with van der Waals surface area (Å²) in [6.07, 6.45) is 2.22. The highest BCUT2D eigenvalue weighted by Crippen LogP contribution is 2.08. The molecule has 1 unspecified atom stereocenters. The van der Waals surface area contributed by atoms with Crippen LogP contribution < -0.4 is 11.1 Å². The lowest BCUT2D eigenvalue weighted by atomic mass is 10.1. The summed E-state index contributed by atoms with van der Waals surface area (Å²) in [6, 6.07) is 0.473. The normalized spacial score (nSPS) is 28.5. The van der Waals surface area contributed by atoms with Gasteiger partial charge in [0.15, 0.2) is 6.10 Å². The summed E-state index contributed by atoms with van der Waals surface area (Å²) in [5.74, 6) is -0.0787. The molecule has 0 amide bonds. The van der Waals surface area contributed by atoms with Crippen LogP contribution in [0.5, 0.6) is 0 Å². The van der Waals surface area contributed by atoms with Crippen molar-refractivity contribution >= 4 is 5.97 Å². The van der Waals surface area contributed by atoms with E-state index in [1.807, 2.05) is 0 Å². The van der Waals surface area contributed by atoms with Gasteiger partial charge in [-0.15, -0.1) is 0 Å². The minimum Gasteiger partial charge on any atom is -0.448 e. The van der Waals surface area contributed by atoms with E-state index in [-0.39, 0.29) is 12.1 Å². The Kier molecular flexibility index (Phi) is 3.49. The van der Waals surface area contributed by atoms with Crippen LogP contribution in [0.4, 0.5) is 0 Å². The lowest BCUT2D eigenvalue weighted by Crippen LogP contribution is -2.35. The maximum atomic E-state index is 9.66. The number of rotatable bonds is 0. The van der Waals surface area contributed by atoms with Gasteiger partial charge in [-0.05, 0) is 32.9 Å². The molecule has 0 aromatic carbocycles. The number of cyclic esters (lactones) is 1. The van der Waals surface area contributed by atoms with Gasteiger partial charge in [-0.1, -0.05) is 0 Å². The van der Waals surface area contributed by atoms with E-state index in [9.17, 15) is 4.79 Å². The molecule has 70 valence electrons. The number of piperidine rings is 1. The zero-order valence-electron chi connectivity index (χ0n) is 7.38. The number of carbonyl (C=O) groups excluding carboxylic acids is 1. The standard InChI is InChI=1S/C5H12N2.C3H4O2/c6-5-1-3-7-4-2-5;1-2-3(4)5-2/h5,7H,1-4,6H2;2H,1H3. The largest absolute Gasteiger partial charge is 0.448 e. The zero-order valence-corrected chi connectivity index (χ0v) is 7.38. The van der Waals surface area contributed by atoms with Crippen LogP contribution in [0, 0.1) is 0 Å². The Morgan fingerprint density at radius 2 is 1.92 bits per heavy atom. The lowest BCUT2D eigenvalue weighted by Gasteiger charge is -2.17. The molecular weight excluding hydrogens is 156 g/mol. The van der Waals surface area contributed by atoms with Crippen molar-refractivity contribution in [2.75, 3.05) is 13.1 Å². The number of ether oxygens (including phenoxy) is 1. The van der Waals surface area contributed by atoms with Crippen LogP contribution in [0.2, 0.25) is 0 Å². The van der Waals surface area contributed by atoms with Gasteiger partial charge in [0, 0.05) is 6.04 Å². The van der Waals surface area contributed by atoms with E-state index in [4.69, 9.17) is 5.73 Å². The molecule has 0 aromatic heterocycles. The molecule has 0 aliphatic carbocycles. The monoisotopic (exact) mass is 172 g/mol. The van der Waals surface area contributed by atoms with Crippen LogP contribution in [0.3, 0.4) is 0 Å². The van der Waals surface area contributed by atoms with Crippen LogP contribution in [-0.2, 0) is 9.53 Å². The van der Waals surface area contributed by atoms with E-state index in [1.54, 1.807) is 6.92 Å². The fourth-order valence-electron chi connectivity index (χ4n) is 0.984. The molecule has 2 saturated heterocycles. The average molecular weight is 172 g/mol. The highest BCUT2D eigenvalue weighted by atomic mass is 16.6. The molecule has 4 heteroatoms. The Hall–Kier alpha value is -0.610. The first kappa shape index (κ1) is 9.48. The smallest absolute Gasteiger partial charge is 0.347 e. The number of epoxide rings is 1. The minimum absolute atomic E-state index is 0.0787. The predicted octanol–water partition coefficient (Wildman–Crippen LogP) is -0.371. The van der Waals surface area contributed by atoms with Gasteiger partial charge in [0.05, 0.1) is 0 Å². The zero-order chi connectivity index (χ0) is 8.97.